The molecule has 3 rings (SSSR count). The zero-order valence-electron chi connectivity index (χ0n) is 14.6. The topological polar surface area (TPSA) is 80.6 Å². The Kier molecular flexibility index (Phi) is 5.69. The number of aryl methyl sites for hydroxylation is 1. The molecule has 1 aromatic heterocycles. The molecule has 0 unspecified atom stereocenters. The largest absolute Gasteiger partial charge is 0.423 e. The van der Waals surface area contributed by atoms with E-state index in [-0.39, 0.29) is 5.91 Å². The Bertz CT molecular complexity index is 967. The van der Waals surface area contributed by atoms with Crippen LogP contribution in [-0.4, -0.2) is 23.1 Å². The number of ether oxygens (including phenoxy) is 1. The van der Waals surface area contributed by atoms with E-state index in [1.807, 2.05) is 19.1 Å². The smallest absolute Gasteiger partial charge is 0.343 e. The van der Waals surface area contributed by atoms with Gasteiger partial charge in [0.2, 0.25) is 0 Å². The van der Waals surface area contributed by atoms with Crippen molar-refractivity contribution in [3.63, 3.8) is 0 Å². The second-order valence-electron chi connectivity index (χ2n) is 5.71. The quantitative estimate of drug-likeness (QED) is 0.328. The molecule has 27 heavy (non-hydrogen) atoms. The molecule has 0 radical (unpaired) electrons. The fourth-order valence-corrected chi connectivity index (χ4v) is 2.31. The van der Waals surface area contributed by atoms with E-state index < -0.39 is 5.97 Å². The van der Waals surface area contributed by atoms with Gasteiger partial charge in [-0.1, -0.05) is 18.2 Å². The number of hydrogen-bond acceptors (Lipinski definition) is 5. The van der Waals surface area contributed by atoms with Crippen LogP contribution in [0.15, 0.2) is 78.2 Å². The third kappa shape index (κ3) is 4.85. The molecule has 3 aromatic rings. The standard InChI is InChI=1S/C21H17N3O3/c1-15-5-2-3-7-19(15)21(26)27-18-10-8-16(9-11-18)13-23-24-20(25)17-6-4-12-22-14-17/h2-14H,1H3,(H,24,25). The molecule has 0 aliphatic carbocycles. The third-order valence-corrected chi connectivity index (χ3v) is 3.76. The van der Waals surface area contributed by atoms with Crippen LogP contribution in [0.1, 0.15) is 31.8 Å². The summed E-state index contributed by atoms with van der Waals surface area (Å²) in [6, 6.07) is 17.4. The van der Waals surface area contributed by atoms with Crippen LogP contribution in [0.2, 0.25) is 0 Å². The minimum Gasteiger partial charge on any atom is -0.423 e. The average molecular weight is 359 g/mol. The molecule has 0 aliphatic rings. The van der Waals surface area contributed by atoms with Crippen molar-refractivity contribution in [2.24, 2.45) is 5.10 Å². The minimum absolute atomic E-state index is 0.344. The van der Waals surface area contributed by atoms with E-state index in [0.717, 1.165) is 11.1 Å². The molecule has 1 N–H and O–H groups in total. The van der Waals surface area contributed by atoms with Gasteiger partial charge in [-0.15, -0.1) is 0 Å². The number of amides is 1. The number of hydrogen-bond donors (Lipinski definition) is 1. The van der Waals surface area contributed by atoms with Crippen molar-refractivity contribution in [3.05, 3.63) is 95.3 Å². The predicted octanol–water partition coefficient (Wildman–Crippen LogP) is 3.37. The first-order valence-corrected chi connectivity index (χ1v) is 8.25. The van der Waals surface area contributed by atoms with Gasteiger partial charge in [-0.05, 0) is 60.5 Å². The zero-order chi connectivity index (χ0) is 19.1. The maximum absolute atomic E-state index is 12.2. The summed E-state index contributed by atoms with van der Waals surface area (Å²) in [5, 5.41) is 3.91. The molecule has 0 bridgehead atoms. The van der Waals surface area contributed by atoms with Crippen LogP contribution in [0.3, 0.4) is 0 Å². The van der Waals surface area contributed by atoms with Crippen molar-refractivity contribution in [1.82, 2.24) is 10.4 Å². The van der Waals surface area contributed by atoms with E-state index >= 15 is 0 Å². The third-order valence-electron chi connectivity index (χ3n) is 3.76. The van der Waals surface area contributed by atoms with Crippen molar-refractivity contribution in [2.75, 3.05) is 0 Å². The Morgan fingerprint density at radius 3 is 2.52 bits per heavy atom. The molecule has 134 valence electrons. The first-order valence-electron chi connectivity index (χ1n) is 8.25. The Morgan fingerprint density at radius 2 is 1.81 bits per heavy atom. The minimum atomic E-state index is -0.404. The normalized spacial score (nSPS) is 10.6. The fourth-order valence-electron chi connectivity index (χ4n) is 2.31. The summed E-state index contributed by atoms with van der Waals surface area (Å²) in [7, 11) is 0. The molecular formula is C21H17N3O3. The zero-order valence-corrected chi connectivity index (χ0v) is 14.6. The van der Waals surface area contributed by atoms with Gasteiger partial charge in [0.15, 0.2) is 0 Å². The van der Waals surface area contributed by atoms with Gasteiger partial charge in [0.1, 0.15) is 5.75 Å². The Labute approximate surface area is 156 Å². The van der Waals surface area contributed by atoms with Gasteiger partial charge in [-0.2, -0.15) is 5.10 Å². The number of esters is 1. The number of benzene rings is 2. The molecule has 6 nitrogen and oxygen atoms in total. The van der Waals surface area contributed by atoms with Crippen molar-refractivity contribution in [1.29, 1.82) is 0 Å². The molecule has 1 amide bonds. The number of carbonyl (C=O) groups is 2. The molecule has 0 fully saturated rings. The highest BCUT2D eigenvalue weighted by molar-refractivity contribution is 5.94. The van der Waals surface area contributed by atoms with Crippen LogP contribution in [0.4, 0.5) is 0 Å². The second kappa shape index (κ2) is 8.53. The highest BCUT2D eigenvalue weighted by Gasteiger charge is 2.10. The van der Waals surface area contributed by atoms with Crippen molar-refractivity contribution in [3.8, 4) is 5.75 Å². The van der Waals surface area contributed by atoms with Crippen LogP contribution in [0.5, 0.6) is 5.75 Å². The van der Waals surface area contributed by atoms with Crippen LogP contribution >= 0.6 is 0 Å². The molecule has 6 heteroatoms. The molecule has 0 spiro atoms. The maximum atomic E-state index is 12.2. The van der Waals surface area contributed by atoms with Crippen molar-refractivity contribution >= 4 is 18.1 Å². The summed E-state index contributed by atoms with van der Waals surface area (Å²) in [5.41, 5.74) is 4.98. The highest BCUT2D eigenvalue weighted by Crippen LogP contribution is 2.15. The highest BCUT2D eigenvalue weighted by atomic mass is 16.5. The first-order chi connectivity index (χ1) is 13.1. The predicted molar refractivity (Wildman–Crippen MR) is 102 cm³/mol. The number of pyridine rings is 1. The molecule has 0 saturated heterocycles. The number of nitrogens with zero attached hydrogens (tertiary/aromatic N) is 2. The van der Waals surface area contributed by atoms with Gasteiger partial charge >= 0.3 is 5.97 Å². The fraction of sp³-hybridized carbons (Fsp3) is 0.0476. The maximum Gasteiger partial charge on any atom is 0.343 e. The lowest BCUT2D eigenvalue weighted by Crippen LogP contribution is -2.17. The van der Waals surface area contributed by atoms with E-state index in [0.29, 0.717) is 16.9 Å². The molecule has 0 aliphatic heterocycles. The Balaban J connectivity index is 1.58. The molecule has 1 heterocycles. The lowest BCUT2D eigenvalue weighted by molar-refractivity contribution is 0.0733. The number of rotatable bonds is 5. The summed E-state index contributed by atoms with van der Waals surface area (Å²) in [5.74, 6) is -0.318. The van der Waals surface area contributed by atoms with E-state index in [1.54, 1.807) is 54.7 Å². The summed E-state index contributed by atoms with van der Waals surface area (Å²) in [6.07, 6.45) is 4.55. The van der Waals surface area contributed by atoms with Gasteiger partial charge in [0, 0.05) is 12.4 Å². The van der Waals surface area contributed by atoms with E-state index in [1.165, 1.54) is 12.4 Å². The van der Waals surface area contributed by atoms with E-state index in [9.17, 15) is 9.59 Å². The molecule has 0 saturated carbocycles. The van der Waals surface area contributed by atoms with Crippen LogP contribution in [0.25, 0.3) is 0 Å². The van der Waals surface area contributed by atoms with Crippen LogP contribution < -0.4 is 10.2 Å². The summed E-state index contributed by atoms with van der Waals surface area (Å²) in [6.45, 7) is 1.86. The van der Waals surface area contributed by atoms with Gasteiger partial charge in [0.05, 0.1) is 17.3 Å². The summed E-state index contributed by atoms with van der Waals surface area (Å²) in [4.78, 5) is 27.9. The van der Waals surface area contributed by atoms with Gasteiger partial charge in [-0.3, -0.25) is 9.78 Å². The van der Waals surface area contributed by atoms with Crippen LogP contribution in [-0.2, 0) is 0 Å². The lowest BCUT2D eigenvalue weighted by atomic mass is 10.1. The average Bonchev–Trinajstić information content (AvgIpc) is 2.70. The van der Waals surface area contributed by atoms with Gasteiger partial charge in [0.25, 0.3) is 5.91 Å². The SMILES string of the molecule is Cc1ccccc1C(=O)Oc1ccc(C=NNC(=O)c2cccnc2)cc1. The first kappa shape index (κ1) is 18.0. The number of aromatic nitrogens is 1. The van der Waals surface area contributed by atoms with E-state index in [4.69, 9.17) is 4.74 Å². The van der Waals surface area contributed by atoms with Crippen molar-refractivity contribution in [2.45, 2.75) is 6.92 Å². The summed E-state index contributed by atoms with van der Waals surface area (Å²) < 4.78 is 5.38. The molecular weight excluding hydrogens is 342 g/mol. The number of carbonyl (C=O) groups excluding carboxylic acids is 2. The number of nitrogens with one attached hydrogen (secondary N) is 1. The molecule has 2 aromatic carbocycles. The van der Waals surface area contributed by atoms with E-state index in [2.05, 4.69) is 15.5 Å². The van der Waals surface area contributed by atoms with Gasteiger partial charge in [-0.25, -0.2) is 10.2 Å². The lowest BCUT2D eigenvalue weighted by Gasteiger charge is -2.06. The Morgan fingerprint density at radius 1 is 1.04 bits per heavy atom. The number of hydrazone groups is 1. The summed E-state index contributed by atoms with van der Waals surface area (Å²) >= 11 is 0. The van der Waals surface area contributed by atoms with Crippen molar-refractivity contribution < 1.29 is 14.3 Å². The van der Waals surface area contributed by atoms with Gasteiger partial charge < -0.3 is 4.74 Å². The molecule has 0 atom stereocenters. The Hall–Kier alpha value is -3.80. The second-order valence-corrected chi connectivity index (χ2v) is 5.71. The monoisotopic (exact) mass is 359 g/mol. The van der Waals surface area contributed by atoms with Crippen LogP contribution in [0, 0.1) is 6.92 Å².